The number of aromatic nitrogens is 3. The van der Waals surface area contributed by atoms with Gasteiger partial charge in [0.05, 0.1) is 13.2 Å². The highest BCUT2D eigenvalue weighted by Crippen LogP contribution is 2.31. The van der Waals surface area contributed by atoms with Gasteiger partial charge in [0.2, 0.25) is 0 Å². The quantitative estimate of drug-likeness (QED) is 0.887. The summed E-state index contributed by atoms with van der Waals surface area (Å²) in [6, 6.07) is 8.49. The second-order valence-corrected chi connectivity index (χ2v) is 4.44. The van der Waals surface area contributed by atoms with Gasteiger partial charge in [-0.05, 0) is 6.07 Å². The Morgan fingerprint density at radius 3 is 3.17 bits per heavy atom. The van der Waals surface area contributed by atoms with Gasteiger partial charge >= 0.3 is 0 Å². The molecule has 0 spiro atoms. The molecule has 0 fully saturated rings. The zero-order valence-electron chi connectivity index (χ0n) is 10.3. The van der Waals surface area contributed by atoms with Crippen LogP contribution in [0.3, 0.4) is 0 Å². The summed E-state index contributed by atoms with van der Waals surface area (Å²) < 4.78 is 7.35. The Bertz CT molecular complexity index is 537. The largest absolute Gasteiger partial charge is 0.493 e. The molecule has 1 aliphatic heterocycles. The fourth-order valence-electron chi connectivity index (χ4n) is 2.23. The van der Waals surface area contributed by atoms with E-state index in [0.717, 1.165) is 24.6 Å². The molecule has 1 unspecified atom stereocenters. The van der Waals surface area contributed by atoms with E-state index in [-0.39, 0.29) is 0 Å². The zero-order chi connectivity index (χ0) is 12.4. The lowest BCUT2D eigenvalue weighted by Crippen LogP contribution is -2.27. The molecule has 2 aromatic rings. The first-order valence-corrected chi connectivity index (χ1v) is 6.12. The molecule has 0 saturated heterocycles. The van der Waals surface area contributed by atoms with Crippen LogP contribution in [-0.2, 0) is 13.6 Å². The molecule has 0 aliphatic carbocycles. The summed E-state index contributed by atoms with van der Waals surface area (Å²) >= 11 is 0. The van der Waals surface area contributed by atoms with Crippen molar-refractivity contribution in [3.63, 3.8) is 0 Å². The number of nitrogens with zero attached hydrogens (tertiary/aromatic N) is 3. The molecule has 1 N–H and O–H groups in total. The summed E-state index contributed by atoms with van der Waals surface area (Å²) in [7, 11) is 1.88. The number of aryl methyl sites for hydroxylation is 1. The summed E-state index contributed by atoms with van der Waals surface area (Å²) in [6.45, 7) is 1.43. The lowest BCUT2D eigenvalue weighted by atomic mass is 10.0. The zero-order valence-corrected chi connectivity index (χ0v) is 10.3. The molecule has 1 aromatic heterocycles. The molecule has 3 rings (SSSR count). The normalized spacial score (nSPS) is 18.2. The maximum Gasteiger partial charge on any atom is 0.164 e. The number of hydrogen-bond acceptors (Lipinski definition) is 4. The molecule has 1 aliphatic rings. The molecular weight excluding hydrogens is 228 g/mol. The van der Waals surface area contributed by atoms with E-state index in [0.29, 0.717) is 12.6 Å². The minimum absolute atomic E-state index is 0.318. The Hall–Kier alpha value is -1.88. The standard InChI is InChI=1S/C13H16N4O/c1-17-9-15-13(16-17)8-14-11-6-7-18-12-5-3-2-4-10(11)12/h2-5,9,11,14H,6-8H2,1H3. The van der Waals surface area contributed by atoms with Crippen molar-refractivity contribution < 1.29 is 4.74 Å². The van der Waals surface area contributed by atoms with Gasteiger partial charge in [-0.15, -0.1) is 0 Å². The average Bonchev–Trinajstić information content (AvgIpc) is 2.82. The van der Waals surface area contributed by atoms with Crippen molar-refractivity contribution in [1.29, 1.82) is 0 Å². The molecular formula is C13H16N4O. The Morgan fingerprint density at radius 1 is 1.44 bits per heavy atom. The molecule has 0 bridgehead atoms. The molecule has 94 valence electrons. The smallest absolute Gasteiger partial charge is 0.164 e. The first-order valence-electron chi connectivity index (χ1n) is 6.12. The van der Waals surface area contributed by atoms with E-state index < -0.39 is 0 Å². The van der Waals surface area contributed by atoms with E-state index >= 15 is 0 Å². The van der Waals surface area contributed by atoms with E-state index in [2.05, 4.69) is 21.5 Å². The Labute approximate surface area is 106 Å². The summed E-state index contributed by atoms with van der Waals surface area (Å²) in [5.41, 5.74) is 1.22. The summed E-state index contributed by atoms with van der Waals surface area (Å²) in [6.07, 6.45) is 2.69. The van der Waals surface area contributed by atoms with Crippen LogP contribution in [0.15, 0.2) is 30.6 Å². The minimum atomic E-state index is 0.318. The number of nitrogens with one attached hydrogen (secondary N) is 1. The minimum Gasteiger partial charge on any atom is -0.493 e. The van der Waals surface area contributed by atoms with Gasteiger partial charge in [-0.25, -0.2) is 4.98 Å². The lowest BCUT2D eigenvalue weighted by Gasteiger charge is -2.26. The summed E-state index contributed by atoms with van der Waals surface area (Å²) in [4.78, 5) is 4.21. The van der Waals surface area contributed by atoms with Gasteiger partial charge in [0.15, 0.2) is 5.82 Å². The molecule has 1 atom stereocenters. The monoisotopic (exact) mass is 244 g/mol. The van der Waals surface area contributed by atoms with Crippen LogP contribution >= 0.6 is 0 Å². The lowest BCUT2D eigenvalue weighted by molar-refractivity contribution is 0.251. The second kappa shape index (κ2) is 4.78. The Balaban J connectivity index is 1.71. The molecule has 0 saturated carbocycles. The average molecular weight is 244 g/mol. The highest BCUT2D eigenvalue weighted by molar-refractivity contribution is 5.37. The number of para-hydroxylation sites is 1. The Kier molecular flexibility index (Phi) is 2.98. The summed E-state index contributed by atoms with van der Waals surface area (Å²) in [5.74, 6) is 1.80. The highest BCUT2D eigenvalue weighted by atomic mass is 16.5. The van der Waals surface area contributed by atoms with Crippen molar-refractivity contribution in [3.05, 3.63) is 42.0 Å². The van der Waals surface area contributed by atoms with Crippen molar-refractivity contribution in [2.24, 2.45) is 7.05 Å². The third-order valence-corrected chi connectivity index (χ3v) is 3.11. The predicted octanol–water partition coefficient (Wildman–Crippen LogP) is 1.43. The maximum absolute atomic E-state index is 5.63. The van der Waals surface area contributed by atoms with Crippen molar-refractivity contribution >= 4 is 0 Å². The number of benzene rings is 1. The van der Waals surface area contributed by atoms with Crippen LogP contribution in [0.25, 0.3) is 0 Å². The van der Waals surface area contributed by atoms with E-state index in [1.807, 2.05) is 25.2 Å². The van der Waals surface area contributed by atoms with Gasteiger partial charge in [0.1, 0.15) is 12.1 Å². The molecule has 0 amide bonds. The third-order valence-electron chi connectivity index (χ3n) is 3.11. The first-order chi connectivity index (χ1) is 8.83. The number of fused-ring (bicyclic) bond motifs is 1. The SMILES string of the molecule is Cn1cnc(CNC2CCOc3ccccc32)n1. The number of rotatable bonds is 3. The van der Waals surface area contributed by atoms with E-state index in [4.69, 9.17) is 4.74 Å². The van der Waals surface area contributed by atoms with Crippen LogP contribution in [0.2, 0.25) is 0 Å². The number of ether oxygens (including phenoxy) is 1. The number of hydrogen-bond donors (Lipinski definition) is 1. The van der Waals surface area contributed by atoms with Gasteiger partial charge in [0, 0.05) is 25.1 Å². The molecule has 5 nitrogen and oxygen atoms in total. The van der Waals surface area contributed by atoms with Crippen LogP contribution in [0.1, 0.15) is 23.9 Å². The fourth-order valence-corrected chi connectivity index (χ4v) is 2.23. The van der Waals surface area contributed by atoms with Gasteiger partial charge in [0.25, 0.3) is 0 Å². The van der Waals surface area contributed by atoms with Crippen molar-refractivity contribution in [1.82, 2.24) is 20.1 Å². The fraction of sp³-hybridized carbons (Fsp3) is 0.385. The van der Waals surface area contributed by atoms with Crippen molar-refractivity contribution in [2.75, 3.05) is 6.61 Å². The maximum atomic E-state index is 5.63. The molecule has 5 heteroatoms. The van der Waals surface area contributed by atoms with Crippen molar-refractivity contribution in [2.45, 2.75) is 19.0 Å². The van der Waals surface area contributed by atoms with Gasteiger partial charge in [-0.2, -0.15) is 5.10 Å². The van der Waals surface area contributed by atoms with Crippen molar-refractivity contribution in [3.8, 4) is 5.75 Å². The molecule has 0 radical (unpaired) electrons. The van der Waals surface area contributed by atoms with Crippen LogP contribution in [0.5, 0.6) is 5.75 Å². The molecule has 1 aromatic carbocycles. The predicted molar refractivity (Wildman–Crippen MR) is 67.1 cm³/mol. The first kappa shape index (κ1) is 11.2. The van der Waals surface area contributed by atoms with Gasteiger partial charge in [-0.3, -0.25) is 4.68 Å². The van der Waals surface area contributed by atoms with Crippen LogP contribution < -0.4 is 10.1 Å². The van der Waals surface area contributed by atoms with Gasteiger partial charge < -0.3 is 10.1 Å². The Morgan fingerprint density at radius 2 is 2.33 bits per heavy atom. The van der Waals surface area contributed by atoms with Crippen LogP contribution in [0, 0.1) is 0 Å². The summed E-state index contributed by atoms with van der Waals surface area (Å²) in [5, 5.41) is 7.75. The van der Waals surface area contributed by atoms with Crippen LogP contribution in [0.4, 0.5) is 0 Å². The van der Waals surface area contributed by atoms with E-state index in [1.54, 1.807) is 11.0 Å². The third kappa shape index (κ3) is 2.22. The van der Waals surface area contributed by atoms with Gasteiger partial charge in [-0.1, -0.05) is 18.2 Å². The second-order valence-electron chi connectivity index (χ2n) is 4.44. The van der Waals surface area contributed by atoms with E-state index in [9.17, 15) is 0 Å². The molecule has 2 heterocycles. The van der Waals surface area contributed by atoms with Crippen LogP contribution in [-0.4, -0.2) is 21.4 Å². The van der Waals surface area contributed by atoms with E-state index in [1.165, 1.54) is 5.56 Å². The topological polar surface area (TPSA) is 52.0 Å². The molecule has 18 heavy (non-hydrogen) atoms. The highest BCUT2D eigenvalue weighted by Gasteiger charge is 2.20.